The van der Waals surface area contributed by atoms with Gasteiger partial charge in [0.15, 0.2) is 6.10 Å². The number of aryl methyl sites for hydroxylation is 1. The number of para-hydroxylation sites is 1. The largest absolute Gasteiger partial charge is 0.497 e. The molecule has 0 aliphatic carbocycles. The minimum atomic E-state index is -0.450. The zero-order valence-electron chi connectivity index (χ0n) is 20.5. The van der Waals surface area contributed by atoms with Crippen molar-refractivity contribution in [2.45, 2.75) is 24.2 Å². The lowest BCUT2D eigenvalue weighted by molar-refractivity contribution is 0.217. The molecular formula is C28H26N4O3S. The molecule has 2 aliphatic heterocycles. The Bertz CT molecular complexity index is 1480. The van der Waals surface area contributed by atoms with Crippen molar-refractivity contribution < 1.29 is 14.2 Å². The summed E-state index contributed by atoms with van der Waals surface area (Å²) in [5.41, 5.74) is 6.18. The van der Waals surface area contributed by atoms with Crippen LogP contribution in [0.4, 0.5) is 5.95 Å². The number of nitrogens with zero attached hydrogens (tertiary/aromatic N) is 3. The number of hydrogen-bond acceptors (Lipinski definition) is 7. The summed E-state index contributed by atoms with van der Waals surface area (Å²) in [7, 11) is 3.34. The van der Waals surface area contributed by atoms with Crippen LogP contribution in [-0.2, 0) is 0 Å². The van der Waals surface area contributed by atoms with E-state index in [9.17, 15) is 0 Å². The quantitative estimate of drug-likeness (QED) is 0.344. The standard InChI is InChI=1S/C28H26N4O3S/c1-16-9-11-17(12-10-16)25-23-24(29-27-30-28(36-4)31-32(25)27)19-7-5-6-8-22(19)35-26(23)20-15-18(33-2)13-14-21(20)34-3/h5-15,25-26H,1-4H3,(H,29,30,31)/t25-,26-/m1/s1. The van der Waals surface area contributed by atoms with Gasteiger partial charge in [0.2, 0.25) is 11.1 Å². The van der Waals surface area contributed by atoms with Crippen LogP contribution in [0.25, 0.3) is 5.70 Å². The number of ether oxygens (including phenoxy) is 3. The summed E-state index contributed by atoms with van der Waals surface area (Å²) in [6.45, 7) is 2.09. The predicted molar refractivity (Wildman–Crippen MR) is 141 cm³/mol. The first kappa shape index (κ1) is 22.5. The van der Waals surface area contributed by atoms with Gasteiger partial charge in [-0.2, -0.15) is 4.98 Å². The van der Waals surface area contributed by atoms with Crippen LogP contribution in [0.5, 0.6) is 17.2 Å². The predicted octanol–water partition coefficient (Wildman–Crippen LogP) is 5.89. The summed E-state index contributed by atoms with van der Waals surface area (Å²) in [5, 5.41) is 9.16. The number of nitrogens with one attached hydrogen (secondary N) is 1. The average Bonchev–Trinajstić information content (AvgIpc) is 3.34. The molecule has 6 rings (SSSR count). The maximum Gasteiger partial charge on any atom is 0.227 e. The fraction of sp³-hybridized carbons (Fsp3) is 0.214. The number of aromatic nitrogens is 3. The molecular weight excluding hydrogens is 472 g/mol. The minimum absolute atomic E-state index is 0.237. The summed E-state index contributed by atoms with van der Waals surface area (Å²) in [6.07, 6.45) is 1.53. The van der Waals surface area contributed by atoms with Crippen LogP contribution >= 0.6 is 11.8 Å². The van der Waals surface area contributed by atoms with E-state index in [2.05, 4.69) is 42.6 Å². The second kappa shape index (κ2) is 8.95. The topological polar surface area (TPSA) is 70.4 Å². The molecule has 1 aromatic heterocycles. The SMILES string of the molecule is COc1ccc(OC)c([C@H]2Oc3ccccc3C3=C2[C@@H](c2ccc(C)cc2)n2nc(SC)nc2N3)c1. The molecule has 0 fully saturated rings. The van der Waals surface area contributed by atoms with Gasteiger partial charge in [0, 0.05) is 16.7 Å². The van der Waals surface area contributed by atoms with Crippen LogP contribution < -0.4 is 19.5 Å². The van der Waals surface area contributed by atoms with Gasteiger partial charge in [-0.05, 0) is 49.1 Å². The van der Waals surface area contributed by atoms with E-state index < -0.39 is 6.10 Å². The molecule has 0 bridgehead atoms. The lowest BCUT2D eigenvalue weighted by atomic mass is 9.84. The summed E-state index contributed by atoms with van der Waals surface area (Å²) in [5.74, 6) is 2.96. The van der Waals surface area contributed by atoms with E-state index in [1.54, 1.807) is 14.2 Å². The third-order valence-electron chi connectivity index (χ3n) is 6.66. The van der Waals surface area contributed by atoms with Gasteiger partial charge in [-0.3, -0.25) is 0 Å². The molecule has 1 N–H and O–H groups in total. The van der Waals surface area contributed by atoms with E-state index in [1.807, 2.05) is 47.3 Å². The van der Waals surface area contributed by atoms with Crippen LogP contribution in [-0.4, -0.2) is 35.2 Å². The molecule has 2 aliphatic rings. The first-order chi connectivity index (χ1) is 17.6. The summed E-state index contributed by atoms with van der Waals surface area (Å²) in [4.78, 5) is 4.77. The van der Waals surface area contributed by atoms with Crippen molar-refractivity contribution in [2.75, 3.05) is 25.8 Å². The second-order valence-corrected chi connectivity index (χ2v) is 9.51. The zero-order chi connectivity index (χ0) is 24.8. The number of benzene rings is 3. The number of rotatable bonds is 5. The molecule has 0 saturated carbocycles. The molecule has 7 nitrogen and oxygen atoms in total. The van der Waals surface area contributed by atoms with Gasteiger partial charge >= 0.3 is 0 Å². The molecule has 0 spiro atoms. The van der Waals surface area contributed by atoms with Gasteiger partial charge in [0.1, 0.15) is 23.3 Å². The highest BCUT2D eigenvalue weighted by atomic mass is 32.2. The van der Waals surface area contributed by atoms with Gasteiger partial charge in [-0.15, -0.1) is 5.10 Å². The Morgan fingerprint density at radius 1 is 1.00 bits per heavy atom. The van der Waals surface area contributed by atoms with Crippen molar-refractivity contribution in [2.24, 2.45) is 0 Å². The fourth-order valence-corrected chi connectivity index (χ4v) is 5.26. The summed E-state index contributed by atoms with van der Waals surface area (Å²) >= 11 is 1.52. The molecule has 2 atom stereocenters. The van der Waals surface area contributed by atoms with Crippen molar-refractivity contribution in [3.63, 3.8) is 0 Å². The van der Waals surface area contributed by atoms with Gasteiger partial charge in [0.05, 0.1) is 19.9 Å². The molecule has 0 amide bonds. The molecule has 3 aromatic carbocycles. The van der Waals surface area contributed by atoms with Gasteiger partial charge in [-0.25, -0.2) is 4.68 Å². The molecule has 4 aromatic rings. The van der Waals surface area contributed by atoms with Crippen molar-refractivity contribution in [1.29, 1.82) is 0 Å². The Kier molecular flexibility index (Phi) is 5.60. The fourth-order valence-electron chi connectivity index (χ4n) is 4.92. The Morgan fingerprint density at radius 2 is 1.81 bits per heavy atom. The van der Waals surface area contributed by atoms with Crippen LogP contribution in [0.2, 0.25) is 0 Å². The number of hydrogen-bond donors (Lipinski definition) is 1. The van der Waals surface area contributed by atoms with E-state index in [0.717, 1.165) is 45.2 Å². The van der Waals surface area contributed by atoms with Crippen LogP contribution in [0.15, 0.2) is 77.5 Å². The third kappa shape index (κ3) is 3.60. The molecule has 182 valence electrons. The summed E-state index contributed by atoms with van der Waals surface area (Å²) < 4.78 is 20.1. The van der Waals surface area contributed by atoms with Gasteiger partial charge < -0.3 is 19.5 Å². The van der Waals surface area contributed by atoms with Crippen LogP contribution in [0.3, 0.4) is 0 Å². The lowest BCUT2D eigenvalue weighted by Gasteiger charge is -2.39. The maximum absolute atomic E-state index is 6.75. The third-order valence-corrected chi connectivity index (χ3v) is 7.19. The van der Waals surface area contributed by atoms with Crippen molar-refractivity contribution in [1.82, 2.24) is 14.8 Å². The number of thioether (sulfide) groups is 1. The minimum Gasteiger partial charge on any atom is -0.497 e. The highest BCUT2D eigenvalue weighted by Crippen LogP contribution is 2.52. The first-order valence-electron chi connectivity index (χ1n) is 11.7. The van der Waals surface area contributed by atoms with Crippen molar-refractivity contribution in [3.8, 4) is 17.2 Å². The average molecular weight is 499 g/mol. The molecule has 0 unspecified atom stereocenters. The number of methoxy groups -OCH3 is 2. The normalized spacial score (nSPS) is 17.9. The zero-order valence-corrected chi connectivity index (χ0v) is 21.3. The summed E-state index contributed by atoms with van der Waals surface area (Å²) in [6, 6.07) is 22.2. The monoisotopic (exact) mass is 498 g/mol. The van der Waals surface area contributed by atoms with Crippen molar-refractivity contribution >= 4 is 23.4 Å². The Balaban J connectivity index is 1.64. The molecule has 8 heteroatoms. The Morgan fingerprint density at radius 3 is 2.56 bits per heavy atom. The molecule has 0 radical (unpaired) electrons. The molecule has 3 heterocycles. The van der Waals surface area contributed by atoms with Crippen LogP contribution in [0, 0.1) is 6.92 Å². The van der Waals surface area contributed by atoms with E-state index in [0.29, 0.717) is 11.1 Å². The van der Waals surface area contributed by atoms with E-state index in [1.165, 1.54) is 17.3 Å². The molecule has 36 heavy (non-hydrogen) atoms. The van der Waals surface area contributed by atoms with Crippen molar-refractivity contribution in [3.05, 3.63) is 94.6 Å². The smallest absolute Gasteiger partial charge is 0.227 e. The Labute approximate surface area is 214 Å². The van der Waals surface area contributed by atoms with E-state index >= 15 is 0 Å². The highest BCUT2D eigenvalue weighted by molar-refractivity contribution is 7.98. The highest BCUT2D eigenvalue weighted by Gasteiger charge is 2.42. The van der Waals surface area contributed by atoms with E-state index in [4.69, 9.17) is 24.3 Å². The van der Waals surface area contributed by atoms with Crippen LogP contribution in [0.1, 0.15) is 34.4 Å². The second-order valence-electron chi connectivity index (χ2n) is 8.74. The lowest BCUT2D eigenvalue weighted by Crippen LogP contribution is -2.32. The Hall–Kier alpha value is -3.91. The maximum atomic E-state index is 6.75. The number of anilines is 1. The van der Waals surface area contributed by atoms with Gasteiger partial charge in [-0.1, -0.05) is 53.7 Å². The number of fused-ring (bicyclic) bond motifs is 3. The molecule has 0 saturated heterocycles. The first-order valence-corrected chi connectivity index (χ1v) is 12.9. The van der Waals surface area contributed by atoms with Gasteiger partial charge in [0.25, 0.3) is 0 Å². The van der Waals surface area contributed by atoms with E-state index in [-0.39, 0.29) is 6.04 Å².